The molecule has 0 saturated heterocycles. The van der Waals surface area contributed by atoms with Gasteiger partial charge in [-0.2, -0.15) is 0 Å². The van der Waals surface area contributed by atoms with Crippen LogP contribution >= 0.6 is 35.8 Å². The van der Waals surface area contributed by atoms with Crippen molar-refractivity contribution in [3.8, 4) is 11.5 Å². The second kappa shape index (κ2) is 13.9. The van der Waals surface area contributed by atoms with E-state index in [0.717, 1.165) is 60.0 Å². The van der Waals surface area contributed by atoms with Crippen molar-refractivity contribution in [3.63, 3.8) is 0 Å². The maximum absolute atomic E-state index is 6.59. The molecule has 0 saturated carbocycles. The molecule has 270 valence electrons. The molecular formula is C51H43IOP2. The number of ether oxygens (including phenoxy) is 1. The predicted octanol–water partition coefficient (Wildman–Crippen LogP) is 11.8. The molecule has 0 N–H and O–H groups in total. The Labute approximate surface area is 339 Å². The Morgan fingerprint density at radius 3 is 1.09 bits per heavy atom. The SMILES string of the molecule is C=CP(C=C)(c1ccccc1)(c1ccccc1)c1ccc(C2(I)c3ccccc3Oc3ccccc32)cc1P(C=C)(C=C)(c1ccccc1)c1ccccc1. The van der Waals surface area contributed by atoms with Crippen LogP contribution in [0.15, 0.2) is 238 Å². The Hall–Kier alpha value is -5.11. The first-order valence-electron chi connectivity index (χ1n) is 18.4. The fraction of sp³-hybridized carbons (Fsp3) is 0.0196. The van der Waals surface area contributed by atoms with Crippen molar-refractivity contribution in [3.05, 3.63) is 254 Å². The third-order valence-corrected chi connectivity index (χ3v) is 25.4. The molecule has 1 aliphatic heterocycles. The van der Waals surface area contributed by atoms with E-state index in [-0.39, 0.29) is 0 Å². The van der Waals surface area contributed by atoms with E-state index in [2.05, 4.69) is 222 Å². The molecular weight excluding hydrogens is 817 g/mol. The standard InChI is InChI=1S/C51H43IOP2/c1-5-54(6-2,41-25-13-9-14-26-41,42-27-15-10-16-28-42)49-38-37-40(51(52)45-33-21-23-35-47(45)53-48-36-24-22-34-46(48)51)39-50(49)55(7-3,8-4,43-29-17-11-18-30-43)44-31-19-12-20-32-44/h5-39H,1-4H2. The molecule has 8 rings (SSSR count). The summed E-state index contributed by atoms with van der Waals surface area (Å²) in [5.74, 6) is 10.6. The number of fused-ring (bicyclic) bond motifs is 2. The van der Waals surface area contributed by atoms with Gasteiger partial charge in [-0.05, 0) is 0 Å². The van der Waals surface area contributed by atoms with Gasteiger partial charge in [-0.3, -0.25) is 0 Å². The third-order valence-electron chi connectivity index (χ3n) is 11.9. The van der Waals surface area contributed by atoms with Crippen LogP contribution in [0.4, 0.5) is 0 Å². The van der Waals surface area contributed by atoms with Gasteiger partial charge < -0.3 is 0 Å². The van der Waals surface area contributed by atoms with Crippen LogP contribution in [0.1, 0.15) is 16.7 Å². The Balaban J connectivity index is 1.66. The van der Waals surface area contributed by atoms with Crippen LogP contribution in [0, 0.1) is 0 Å². The van der Waals surface area contributed by atoms with E-state index in [1.165, 1.54) is 0 Å². The molecule has 0 fully saturated rings. The number of halogens is 1. The molecule has 0 spiro atoms. The van der Waals surface area contributed by atoms with Crippen LogP contribution in [0.25, 0.3) is 0 Å². The summed E-state index contributed by atoms with van der Waals surface area (Å²) in [5.41, 5.74) is 3.33. The Kier molecular flexibility index (Phi) is 9.30. The van der Waals surface area contributed by atoms with E-state index < -0.39 is 16.6 Å². The normalized spacial score (nSPS) is 14.6. The summed E-state index contributed by atoms with van der Waals surface area (Å²) in [5, 5.41) is 6.96. The van der Waals surface area contributed by atoms with Crippen LogP contribution in [0.2, 0.25) is 0 Å². The second-order valence-electron chi connectivity index (χ2n) is 14.0. The van der Waals surface area contributed by atoms with E-state index >= 15 is 0 Å². The third kappa shape index (κ3) is 4.91. The van der Waals surface area contributed by atoms with Crippen LogP contribution in [-0.2, 0) is 3.42 Å². The summed E-state index contributed by atoms with van der Waals surface area (Å²) >= 11 is 2.67. The molecule has 0 radical (unpaired) electrons. The Morgan fingerprint density at radius 1 is 0.400 bits per heavy atom. The van der Waals surface area contributed by atoms with Gasteiger partial charge >= 0.3 is 342 Å². The number of benzene rings is 7. The van der Waals surface area contributed by atoms with E-state index in [1.807, 2.05) is 12.1 Å². The van der Waals surface area contributed by atoms with E-state index in [9.17, 15) is 0 Å². The zero-order valence-electron chi connectivity index (χ0n) is 30.7. The average molecular weight is 861 g/mol. The fourth-order valence-electron chi connectivity index (χ4n) is 9.02. The van der Waals surface area contributed by atoms with Crippen molar-refractivity contribution in [2.45, 2.75) is 3.42 Å². The predicted molar refractivity (Wildman–Crippen MR) is 252 cm³/mol. The van der Waals surface area contributed by atoms with Gasteiger partial charge in [0.25, 0.3) is 0 Å². The molecule has 1 heterocycles. The van der Waals surface area contributed by atoms with Gasteiger partial charge in [0.1, 0.15) is 0 Å². The average Bonchev–Trinajstić information content (AvgIpc) is 3.27. The summed E-state index contributed by atoms with van der Waals surface area (Å²) in [6, 6.07) is 67.4. The Bertz CT molecular complexity index is 2430. The van der Waals surface area contributed by atoms with Gasteiger partial charge in [-0.25, -0.2) is 0 Å². The monoisotopic (exact) mass is 860 g/mol. The van der Waals surface area contributed by atoms with Gasteiger partial charge in [-0.1, -0.05) is 0 Å². The first-order valence-corrected chi connectivity index (χ1v) is 24.2. The summed E-state index contributed by atoms with van der Waals surface area (Å²) in [6.07, 6.45) is 0. The summed E-state index contributed by atoms with van der Waals surface area (Å²) < 4.78 is 5.98. The van der Waals surface area contributed by atoms with Crippen molar-refractivity contribution < 1.29 is 4.74 Å². The first kappa shape index (κ1) is 36.8. The van der Waals surface area contributed by atoms with Crippen molar-refractivity contribution in [1.29, 1.82) is 0 Å². The van der Waals surface area contributed by atoms with Crippen molar-refractivity contribution in [1.82, 2.24) is 0 Å². The maximum atomic E-state index is 6.59. The molecule has 0 amide bonds. The van der Waals surface area contributed by atoms with E-state index in [0.29, 0.717) is 0 Å². The van der Waals surface area contributed by atoms with Gasteiger partial charge in [-0.15, -0.1) is 0 Å². The zero-order chi connectivity index (χ0) is 38.2. The molecule has 55 heavy (non-hydrogen) atoms. The molecule has 1 nitrogen and oxygen atoms in total. The van der Waals surface area contributed by atoms with Crippen molar-refractivity contribution in [2.24, 2.45) is 0 Å². The minimum absolute atomic E-state index is 0.607. The molecule has 1 aliphatic rings. The summed E-state index contributed by atoms with van der Waals surface area (Å²) in [6.45, 7) is 11.5. The number of para-hydroxylation sites is 2. The van der Waals surface area contributed by atoms with Crippen LogP contribution < -0.4 is 36.6 Å². The molecule has 0 unspecified atom stereocenters. The first-order chi connectivity index (χ1) is 26.9. The molecule has 0 atom stereocenters. The molecule has 7 aromatic carbocycles. The number of hydrogen-bond acceptors (Lipinski definition) is 1. The number of hydrogen-bond donors (Lipinski definition) is 0. The topological polar surface area (TPSA) is 9.23 Å². The second-order valence-corrected chi connectivity index (χ2v) is 25.2. The van der Waals surface area contributed by atoms with Crippen LogP contribution in [0.3, 0.4) is 0 Å². The fourth-order valence-corrected chi connectivity index (χ4v) is 21.2. The van der Waals surface area contributed by atoms with Gasteiger partial charge in [0.05, 0.1) is 0 Å². The Morgan fingerprint density at radius 2 is 0.727 bits per heavy atom. The molecule has 0 aliphatic carbocycles. The quantitative estimate of drug-likeness (QED) is 0.0715. The molecule has 0 bridgehead atoms. The van der Waals surface area contributed by atoms with Gasteiger partial charge in [0.15, 0.2) is 0 Å². The summed E-state index contributed by atoms with van der Waals surface area (Å²) in [7, 11) is 0. The van der Waals surface area contributed by atoms with Crippen LogP contribution in [-0.4, -0.2) is 0 Å². The number of rotatable bonds is 11. The van der Waals surface area contributed by atoms with Gasteiger partial charge in [0.2, 0.25) is 0 Å². The number of alkyl halides is 1. The molecule has 7 aromatic rings. The summed E-state index contributed by atoms with van der Waals surface area (Å²) in [4.78, 5) is 0. The zero-order valence-corrected chi connectivity index (χ0v) is 34.7. The molecule has 0 aromatic heterocycles. The molecule has 4 heteroatoms. The van der Waals surface area contributed by atoms with E-state index in [4.69, 9.17) is 31.1 Å². The van der Waals surface area contributed by atoms with Crippen molar-refractivity contribution in [2.75, 3.05) is 0 Å². The minimum atomic E-state index is -3.85. The van der Waals surface area contributed by atoms with Crippen LogP contribution in [0.5, 0.6) is 11.5 Å². The van der Waals surface area contributed by atoms with E-state index in [1.54, 1.807) is 0 Å². The van der Waals surface area contributed by atoms with Crippen molar-refractivity contribution >= 4 is 67.6 Å². The van der Waals surface area contributed by atoms with Gasteiger partial charge in [0, 0.05) is 0 Å².